The first-order valence-electron chi connectivity index (χ1n) is 5.84. The monoisotopic (exact) mass is 270 g/mol. The summed E-state index contributed by atoms with van der Waals surface area (Å²) in [6, 6.07) is 1.30. The third-order valence-electron chi connectivity index (χ3n) is 2.82. The summed E-state index contributed by atoms with van der Waals surface area (Å²) in [6.45, 7) is 5.71. The molecule has 3 heterocycles. The van der Waals surface area contributed by atoms with E-state index in [1.54, 1.807) is 6.20 Å². The largest absolute Gasteiger partial charge is 0.368 e. The Balaban J connectivity index is 2.27. The van der Waals surface area contributed by atoms with Gasteiger partial charge in [0.15, 0.2) is 11.5 Å². The smallest absolute Gasteiger partial charge is 0.225 e. The van der Waals surface area contributed by atoms with Crippen LogP contribution in [0.2, 0.25) is 0 Å². The summed E-state index contributed by atoms with van der Waals surface area (Å²) in [5.41, 5.74) is 8.41. The highest BCUT2D eigenvalue weighted by Crippen LogP contribution is 2.22. The molecule has 0 radical (unpaired) electrons. The standard InChI is InChI=1S/C13H11FN6/c1-7(2)10-6-17-20-12(10)18-11(19-13(20)15)8-3-9(14)5-16-4-8/h3-6H,1H2,2H3,(H2,15,18,19). The molecule has 3 aromatic heterocycles. The molecule has 3 aromatic rings. The number of nitrogen functional groups attached to an aromatic ring is 1. The van der Waals surface area contributed by atoms with Crippen molar-refractivity contribution in [2.45, 2.75) is 6.92 Å². The van der Waals surface area contributed by atoms with Gasteiger partial charge in [0.25, 0.3) is 0 Å². The van der Waals surface area contributed by atoms with Gasteiger partial charge in [-0.2, -0.15) is 14.6 Å². The second kappa shape index (κ2) is 4.37. The van der Waals surface area contributed by atoms with Gasteiger partial charge < -0.3 is 5.73 Å². The Morgan fingerprint density at radius 2 is 2.10 bits per heavy atom. The van der Waals surface area contributed by atoms with Crippen molar-refractivity contribution in [3.63, 3.8) is 0 Å². The molecular weight excluding hydrogens is 259 g/mol. The molecule has 0 aliphatic rings. The normalized spacial score (nSPS) is 10.9. The fraction of sp³-hybridized carbons (Fsp3) is 0.0769. The molecule has 0 bridgehead atoms. The summed E-state index contributed by atoms with van der Waals surface area (Å²) in [5, 5.41) is 4.11. The van der Waals surface area contributed by atoms with Crippen LogP contribution in [0.25, 0.3) is 22.6 Å². The molecule has 6 nitrogen and oxygen atoms in total. The summed E-state index contributed by atoms with van der Waals surface area (Å²) >= 11 is 0. The van der Waals surface area contributed by atoms with E-state index in [1.165, 1.54) is 16.8 Å². The molecule has 100 valence electrons. The van der Waals surface area contributed by atoms with Gasteiger partial charge in [-0.1, -0.05) is 6.58 Å². The van der Waals surface area contributed by atoms with Crippen LogP contribution >= 0.6 is 0 Å². The van der Waals surface area contributed by atoms with Crippen molar-refractivity contribution < 1.29 is 4.39 Å². The van der Waals surface area contributed by atoms with Crippen molar-refractivity contribution in [1.82, 2.24) is 24.6 Å². The first-order valence-corrected chi connectivity index (χ1v) is 5.84. The fourth-order valence-corrected chi connectivity index (χ4v) is 1.86. The van der Waals surface area contributed by atoms with Crippen LogP contribution in [0, 0.1) is 5.82 Å². The van der Waals surface area contributed by atoms with Crippen molar-refractivity contribution in [3.05, 3.63) is 42.6 Å². The average Bonchev–Trinajstić information content (AvgIpc) is 2.83. The van der Waals surface area contributed by atoms with Crippen molar-refractivity contribution in [2.24, 2.45) is 0 Å². The Kier molecular flexibility index (Phi) is 2.67. The minimum atomic E-state index is -0.460. The second-order valence-electron chi connectivity index (χ2n) is 4.37. The molecule has 0 saturated carbocycles. The average molecular weight is 270 g/mol. The maximum Gasteiger partial charge on any atom is 0.225 e. The molecule has 0 aliphatic heterocycles. The van der Waals surface area contributed by atoms with Crippen LogP contribution in [0.4, 0.5) is 10.3 Å². The number of allylic oxidation sites excluding steroid dienone is 1. The molecule has 0 aliphatic carbocycles. The number of pyridine rings is 1. The number of fused-ring (bicyclic) bond motifs is 1. The van der Waals surface area contributed by atoms with Gasteiger partial charge >= 0.3 is 0 Å². The highest BCUT2D eigenvalue weighted by Gasteiger charge is 2.13. The molecule has 0 amide bonds. The SMILES string of the molecule is C=C(C)c1cnn2c(N)nc(-c3cncc(F)c3)nc12. The minimum absolute atomic E-state index is 0.168. The molecule has 3 rings (SSSR count). The van der Waals surface area contributed by atoms with Crippen LogP contribution in [-0.2, 0) is 0 Å². The third-order valence-corrected chi connectivity index (χ3v) is 2.82. The van der Waals surface area contributed by atoms with E-state index in [4.69, 9.17) is 5.73 Å². The van der Waals surface area contributed by atoms with E-state index in [0.29, 0.717) is 17.0 Å². The maximum absolute atomic E-state index is 13.2. The van der Waals surface area contributed by atoms with Gasteiger partial charge in [-0.25, -0.2) is 9.37 Å². The lowest BCUT2D eigenvalue weighted by atomic mass is 10.2. The topological polar surface area (TPSA) is 82.0 Å². The van der Waals surface area contributed by atoms with Crippen LogP contribution in [0.3, 0.4) is 0 Å². The van der Waals surface area contributed by atoms with Gasteiger partial charge in [0.05, 0.1) is 12.4 Å². The van der Waals surface area contributed by atoms with Crippen LogP contribution < -0.4 is 5.73 Å². The lowest BCUT2D eigenvalue weighted by Crippen LogP contribution is -2.05. The summed E-state index contributed by atoms with van der Waals surface area (Å²) in [7, 11) is 0. The number of rotatable bonds is 2. The van der Waals surface area contributed by atoms with E-state index in [0.717, 1.165) is 17.3 Å². The molecular formula is C13H11FN6. The molecule has 0 unspecified atom stereocenters. The summed E-state index contributed by atoms with van der Waals surface area (Å²) < 4.78 is 14.7. The zero-order valence-electron chi connectivity index (χ0n) is 10.7. The zero-order valence-corrected chi connectivity index (χ0v) is 10.7. The predicted molar refractivity (Wildman–Crippen MR) is 73.1 cm³/mol. The summed E-state index contributed by atoms with van der Waals surface area (Å²) in [5.74, 6) is 0.00457. The van der Waals surface area contributed by atoms with Crippen molar-refractivity contribution in [1.29, 1.82) is 0 Å². The number of hydrogen-bond acceptors (Lipinski definition) is 5. The van der Waals surface area contributed by atoms with E-state index in [-0.39, 0.29) is 5.95 Å². The van der Waals surface area contributed by atoms with Gasteiger partial charge in [0.1, 0.15) is 5.82 Å². The summed E-state index contributed by atoms with van der Waals surface area (Å²) in [4.78, 5) is 12.3. The summed E-state index contributed by atoms with van der Waals surface area (Å²) in [6.07, 6.45) is 4.21. The zero-order chi connectivity index (χ0) is 14.3. The lowest BCUT2D eigenvalue weighted by Gasteiger charge is -2.04. The van der Waals surface area contributed by atoms with E-state index < -0.39 is 5.82 Å². The van der Waals surface area contributed by atoms with E-state index in [1.807, 2.05) is 6.92 Å². The number of aromatic nitrogens is 5. The van der Waals surface area contributed by atoms with Crippen LogP contribution in [0.1, 0.15) is 12.5 Å². The molecule has 0 atom stereocenters. The molecule has 0 fully saturated rings. The van der Waals surface area contributed by atoms with Crippen molar-refractivity contribution >= 4 is 17.2 Å². The predicted octanol–water partition coefficient (Wildman–Crippen LogP) is 1.94. The molecule has 7 heteroatoms. The molecule has 0 aromatic carbocycles. The number of nitrogens with two attached hydrogens (primary N) is 1. The molecule has 0 saturated heterocycles. The van der Waals surface area contributed by atoms with Crippen molar-refractivity contribution in [3.8, 4) is 11.4 Å². The van der Waals surface area contributed by atoms with Gasteiger partial charge in [-0.05, 0) is 18.6 Å². The number of halogens is 1. The third kappa shape index (κ3) is 1.89. The first kappa shape index (κ1) is 12.2. The first-order chi connectivity index (χ1) is 9.56. The quantitative estimate of drug-likeness (QED) is 0.769. The highest BCUT2D eigenvalue weighted by atomic mass is 19.1. The second-order valence-corrected chi connectivity index (χ2v) is 4.37. The van der Waals surface area contributed by atoms with Gasteiger partial charge in [-0.15, -0.1) is 0 Å². The minimum Gasteiger partial charge on any atom is -0.368 e. The van der Waals surface area contributed by atoms with E-state index >= 15 is 0 Å². The Labute approximate surface area is 113 Å². The Hall–Kier alpha value is -2.83. The van der Waals surface area contributed by atoms with Crippen molar-refractivity contribution in [2.75, 3.05) is 5.73 Å². The maximum atomic E-state index is 13.2. The molecule has 2 N–H and O–H groups in total. The number of nitrogens with zero attached hydrogens (tertiary/aromatic N) is 5. The molecule has 0 spiro atoms. The fourth-order valence-electron chi connectivity index (χ4n) is 1.86. The van der Waals surface area contributed by atoms with Crippen LogP contribution in [0.5, 0.6) is 0 Å². The van der Waals surface area contributed by atoms with Gasteiger partial charge in [0, 0.05) is 17.3 Å². The number of hydrogen-bond donors (Lipinski definition) is 1. The Bertz CT molecular complexity index is 823. The lowest BCUT2D eigenvalue weighted by molar-refractivity contribution is 0.622. The molecule has 20 heavy (non-hydrogen) atoms. The van der Waals surface area contributed by atoms with E-state index in [2.05, 4.69) is 26.6 Å². The van der Waals surface area contributed by atoms with E-state index in [9.17, 15) is 4.39 Å². The van der Waals surface area contributed by atoms with Gasteiger partial charge in [0.2, 0.25) is 5.95 Å². The van der Waals surface area contributed by atoms with Gasteiger partial charge in [-0.3, -0.25) is 4.98 Å². The van der Waals surface area contributed by atoms with Crippen LogP contribution in [-0.4, -0.2) is 24.6 Å². The Morgan fingerprint density at radius 3 is 2.80 bits per heavy atom. The van der Waals surface area contributed by atoms with Crippen LogP contribution in [0.15, 0.2) is 31.2 Å². The number of anilines is 1. The Morgan fingerprint density at radius 1 is 1.30 bits per heavy atom. The highest BCUT2D eigenvalue weighted by molar-refractivity contribution is 5.74.